The van der Waals surface area contributed by atoms with Crippen molar-refractivity contribution in [3.63, 3.8) is 0 Å². The second-order valence-electron chi connectivity index (χ2n) is 9.98. The molecule has 12 nitrogen and oxygen atoms in total. The average Bonchev–Trinajstić information content (AvgIpc) is 3.57. The molecule has 0 saturated carbocycles. The SMILES string of the molecule is CC(C)(C)NCC(COc1ccccc1OCC1CCCO1)O/C([O-])=N/c1c[n+](N2CCOCC2)no1. The van der Waals surface area contributed by atoms with Crippen LogP contribution in [0.1, 0.15) is 33.6 Å². The van der Waals surface area contributed by atoms with E-state index in [0.29, 0.717) is 51.0 Å². The lowest BCUT2D eigenvalue weighted by Gasteiger charge is -2.30. The van der Waals surface area contributed by atoms with Gasteiger partial charge in [0.2, 0.25) is 5.27 Å². The van der Waals surface area contributed by atoms with E-state index in [1.807, 2.05) is 50.0 Å². The van der Waals surface area contributed by atoms with E-state index in [1.165, 1.54) is 11.0 Å². The largest absolute Gasteiger partial charge is 0.592 e. The predicted octanol–water partition coefficient (Wildman–Crippen LogP) is 0.688. The number of hydrogen-bond donors (Lipinski definition) is 1. The number of nitrogens with one attached hydrogen (secondary N) is 1. The third-order valence-electron chi connectivity index (χ3n) is 5.77. The summed E-state index contributed by atoms with van der Waals surface area (Å²) in [6, 6.07) is 7.42. The number of ether oxygens (including phenoxy) is 5. The highest BCUT2D eigenvalue weighted by molar-refractivity contribution is 5.65. The van der Waals surface area contributed by atoms with Crippen molar-refractivity contribution < 1.29 is 38.1 Å². The summed E-state index contributed by atoms with van der Waals surface area (Å²) in [5.41, 5.74) is -0.182. The van der Waals surface area contributed by atoms with Gasteiger partial charge in [-0.05, 0) is 45.7 Å². The molecule has 1 aromatic heterocycles. The second-order valence-corrected chi connectivity index (χ2v) is 9.98. The molecule has 2 saturated heterocycles. The van der Waals surface area contributed by atoms with Crippen LogP contribution in [0.25, 0.3) is 0 Å². The van der Waals surface area contributed by atoms with Crippen molar-refractivity contribution in [2.75, 3.05) is 57.7 Å². The van der Waals surface area contributed by atoms with E-state index in [1.54, 1.807) is 0 Å². The number of nitrogens with zero attached hydrogens (tertiary/aromatic N) is 4. The molecular weight excluding hydrogens is 482 g/mol. The summed E-state index contributed by atoms with van der Waals surface area (Å²) in [6.07, 6.45) is 2.26. The maximum atomic E-state index is 12.6. The third kappa shape index (κ3) is 8.76. The smallest absolute Gasteiger partial charge is 0.326 e. The Kier molecular flexibility index (Phi) is 9.42. The molecule has 0 aliphatic carbocycles. The van der Waals surface area contributed by atoms with Crippen molar-refractivity contribution in [2.45, 2.75) is 51.4 Å². The summed E-state index contributed by atoms with van der Waals surface area (Å²) in [7, 11) is 0. The van der Waals surface area contributed by atoms with E-state index in [-0.39, 0.29) is 24.1 Å². The van der Waals surface area contributed by atoms with Crippen LogP contribution in [0.3, 0.4) is 0 Å². The van der Waals surface area contributed by atoms with Gasteiger partial charge in [0, 0.05) is 18.7 Å². The van der Waals surface area contributed by atoms with Crippen LogP contribution in [-0.2, 0) is 14.2 Å². The molecule has 4 rings (SSSR count). The number of aliphatic imine (C=N–C) groups is 1. The van der Waals surface area contributed by atoms with Gasteiger partial charge in [-0.15, -0.1) is 5.01 Å². The Morgan fingerprint density at radius 3 is 2.68 bits per heavy atom. The molecule has 0 bridgehead atoms. The molecule has 37 heavy (non-hydrogen) atoms. The summed E-state index contributed by atoms with van der Waals surface area (Å²) >= 11 is 0. The zero-order valence-electron chi connectivity index (χ0n) is 21.8. The van der Waals surface area contributed by atoms with Gasteiger partial charge in [-0.3, -0.25) is 4.52 Å². The van der Waals surface area contributed by atoms with E-state index in [0.717, 1.165) is 19.4 Å². The van der Waals surface area contributed by atoms with Crippen LogP contribution < -0.4 is 29.7 Å². The molecule has 0 radical (unpaired) electrons. The minimum atomic E-state index is -0.794. The van der Waals surface area contributed by atoms with Crippen molar-refractivity contribution in [1.82, 2.24) is 10.6 Å². The Balaban J connectivity index is 1.37. The second kappa shape index (κ2) is 12.9. The first-order chi connectivity index (χ1) is 17.9. The van der Waals surface area contributed by atoms with Crippen LogP contribution in [0.15, 0.2) is 40.0 Å². The number of hydrogen-bond acceptors (Lipinski definition) is 11. The molecule has 2 unspecified atom stereocenters. The first-order valence-corrected chi connectivity index (χ1v) is 12.7. The highest BCUT2D eigenvalue weighted by Crippen LogP contribution is 2.27. The Bertz CT molecular complexity index is 997. The average molecular weight is 520 g/mol. The Labute approximate surface area is 217 Å². The van der Waals surface area contributed by atoms with Crippen LogP contribution in [0.2, 0.25) is 0 Å². The summed E-state index contributed by atoms with van der Waals surface area (Å²) < 4.78 is 33.8. The fourth-order valence-corrected chi connectivity index (χ4v) is 3.81. The van der Waals surface area contributed by atoms with Crippen molar-refractivity contribution in [2.24, 2.45) is 4.99 Å². The van der Waals surface area contributed by atoms with Crippen molar-refractivity contribution in [3.8, 4) is 11.5 Å². The Morgan fingerprint density at radius 2 is 1.97 bits per heavy atom. The predicted molar refractivity (Wildman–Crippen MR) is 132 cm³/mol. The summed E-state index contributed by atoms with van der Waals surface area (Å²) in [6.45, 7) is 10.3. The maximum Gasteiger partial charge on any atom is 0.326 e. The van der Waals surface area contributed by atoms with E-state index in [9.17, 15) is 5.11 Å². The first kappa shape index (κ1) is 27.0. The molecule has 2 aromatic rings. The van der Waals surface area contributed by atoms with Crippen molar-refractivity contribution in [1.29, 1.82) is 0 Å². The Hall–Kier alpha value is -3.09. The molecule has 0 spiro atoms. The van der Waals surface area contributed by atoms with Crippen molar-refractivity contribution >= 4 is 12.0 Å². The maximum absolute atomic E-state index is 12.6. The molecule has 3 heterocycles. The van der Waals surface area contributed by atoms with E-state index < -0.39 is 12.2 Å². The van der Waals surface area contributed by atoms with Crippen molar-refractivity contribution in [3.05, 3.63) is 30.5 Å². The van der Waals surface area contributed by atoms with Crippen LogP contribution >= 0.6 is 0 Å². The quantitative estimate of drug-likeness (QED) is 0.257. The summed E-state index contributed by atoms with van der Waals surface area (Å²) in [5, 5.41) is 21.8. The monoisotopic (exact) mass is 519 g/mol. The molecule has 12 heteroatoms. The molecule has 2 aliphatic rings. The molecule has 0 amide bonds. The van der Waals surface area contributed by atoms with Crippen LogP contribution in [-0.4, -0.2) is 81.8 Å². The topological polar surface area (TPSA) is 127 Å². The lowest BCUT2D eigenvalue weighted by Crippen LogP contribution is -2.62. The van der Waals surface area contributed by atoms with Crippen LogP contribution in [0.5, 0.6) is 11.5 Å². The van der Waals surface area contributed by atoms with Crippen LogP contribution in [0, 0.1) is 0 Å². The number of morpholine rings is 1. The van der Waals surface area contributed by atoms with Gasteiger partial charge >= 0.3 is 5.88 Å². The minimum absolute atomic E-state index is 0.0489. The fourth-order valence-electron chi connectivity index (χ4n) is 3.81. The highest BCUT2D eigenvalue weighted by Gasteiger charge is 2.23. The molecule has 2 fully saturated rings. The fraction of sp³-hybridized carbons (Fsp3) is 0.640. The van der Waals surface area contributed by atoms with E-state index >= 15 is 0 Å². The lowest BCUT2D eigenvalue weighted by molar-refractivity contribution is -0.759. The van der Waals surface area contributed by atoms with Gasteiger partial charge in [-0.1, -0.05) is 12.1 Å². The normalized spacial score (nSPS) is 19.6. The van der Waals surface area contributed by atoms with Gasteiger partial charge in [-0.25, -0.2) is 0 Å². The molecule has 204 valence electrons. The molecule has 1 N–H and O–H groups in total. The molecule has 2 atom stereocenters. The number of rotatable bonds is 11. The zero-order chi connectivity index (χ0) is 26.1. The summed E-state index contributed by atoms with van der Waals surface area (Å²) in [4.78, 5) is 5.43. The third-order valence-corrected chi connectivity index (χ3v) is 5.77. The molecule has 2 aliphatic heterocycles. The lowest BCUT2D eigenvalue weighted by atomic mass is 10.1. The van der Waals surface area contributed by atoms with Crippen LogP contribution in [0.4, 0.5) is 5.88 Å². The van der Waals surface area contributed by atoms with Gasteiger partial charge < -0.3 is 34.1 Å². The van der Waals surface area contributed by atoms with E-state index in [2.05, 4.69) is 15.6 Å². The van der Waals surface area contributed by atoms with Gasteiger partial charge in [0.1, 0.15) is 13.2 Å². The highest BCUT2D eigenvalue weighted by atomic mass is 16.6. The first-order valence-electron chi connectivity index (χ1n) is 12.7. The number of para-hydroxylation sites is 2. The Morgan fingerprint density at radius 1 is 1.22 bits per heavy atom. The molecular formula is C25H37N5O7. The zero-order valence-corrected chi connectivity index (χ0v) is 21.8. The summed E-state index contributed by atoms with van der Waals surface area (Å²) in [5.74, 6) is 1.23. The van der Waals surface area contributed by atoms with Gasteiger partial charge in [0.25, 0.3) is 6.20 Å². The number of aromatic nitrogens is 2. The van der Waals surface area contributed by atoms with E-state index in [4.69, 9.17) is 28.2 Å². The van der Waals surface area contributed by atoms with Gasteiger partial charge in [0.05, 0.1) is 43.3 Å². The molecule has 1 aromatic carbocycles. The van der Waals surface area contributed by atoms with Gasteiger partial charge in [0.15, 0.2) is 17.6 Å². The van der Waals surface area contributed by atoms with Gasteiger partial charge in [-0.2, -0.15) is 4.99 Å². The standard InChI is InChI=1S/C25H37N5O7/c1-25(2,3)26-15-20(18-35-22-9-5-4-8-21(22)34-17-19-7-6-12-33-19)36-24(31)27-23-16-30(28-37-23)29-10-13-32-14-11-29/h4-5,8-9,16,19-20,26H,6-7,10-15,17-18H2,1-3H3. The minimum Gasteiger partial charge on any atom is -0.592 e. The number of benzene rings is 1.